The van der Waals surface area contributed by atoms with E-state index >= 15 is 0 Å². The van der Waals surface area contributed by atoms with Crippen molar-refractivity contribution < 1.29 is 0 Å². The van der Waals surface area contributed by atoms with Crippen LogP contribution in [0.15, 0.2) is 42.3 Å². The molecule has 1 aliphatic carbocycles. The van der Waals surface area contributed by atoms with Crippen molar-refractivity contribution in [2.75, 3.05) is 0 Å². The third-order valence-electron chi connectivity index (χ3n) is 5.20. The van der Waals surface area contributed by atoms with Crippen LogP contribution in [0, 0.1) is 18.8 Å². The van der Waals surface area contributed by atoms with Crippen LogP contribution >= 0.6 is 0 Å². The van der Waals surface area contributed by atoms with Crippen molar-refractivity contribution in [2.45, 2.75) is 65.7 Å². The smallest absolute Gasteiger partial charge is 0.0305 e. The SMILES string of the molecule is C=C(Cc1cnccc1C)C1CCC=C([C@H](C)CCC)CC1. The van der Waals surface area contributed by atoms with Crippen LogP contribution in [-0.2, 0) is 6.42 Å². The molecule has 1 unspecified atom stereocenters. The van der Waals surface area contributed by atoms with Crippen LogP contribution in [0.4, 0.5) is 0 Å². The minimum absolute atomic E-state index is 0.669. The Hall–Kier alpha value is -1.37. The van der Waals surface area contributed by atoms with Crippen molar-refractivity contribution in [1.82, 2.24) is 4.98 Å². The molecule has 0 aliphatic heterocycles. The predicted octanol–water partition coefficient (Wildman–Crippen LogP) is 6.04. The molecule has 0 bridgehead atoms. The van der Waals surface area contributed by atoms with Crippen LogP contribution in [0.25, 0.3) is 0 Å². The van der Waals surface area contributed by atoms with Gasteiger partial charge in [0, 0.05) is 12.4 Å². The van der Waals surface area contributed by atoms with E-state index in [0.29, 0.717) is 5.92 Å². The van der Waals surface area contributed by atoms with Gasteiger partial charge in [-0.05, 0) is 74.5 Å². The topological polar surface area (TPSA) is 12.9 Å². The number of hydrogen-bond donors (Lipinski definition) is 0. The Labute approximate surface area is 136 Å². The van der Waals surface area contributed by atoms with E-state index in [2.05, 4.69) is 44.5 Å². The summed E-state index contributed by atoms with van der Waals surface area (Å²) < 4.78 is 0. The monoisotopic (exact) mass is 297 g/mol. The second kappa shape index (κ2) is 8.31. The van der Waals surface area contributed by atoms with Gasteiger partial charge < -0.3 is 0 Å². The zero-order valence-corrected chi connectivity index (χ0v) is 14.6. The van der Waals surface area contributed by atoms with Crippen molar-refractivity contribution >= 4 is 0 Å². The molecular formula is C21H31N. The summed E-state index contributed by atoms with van der Waals surface area (Å²) >= 11 is 0. The summed E-state index contributed by atoms with van der Waals surface area (Å²) in [5.41, 5.74) is 5.76. The fourth-order valence-electron chi connectivity index (χ4n) is 3.60. The molecule has 0 amide bonds. The van der Waals surface area contributed by atoms with Gasteiger partial charge in [0.15, 0.2) is 0 Å². The molecule has 0 saturated heterocycles. The molecule has 0 fully saturated rings. The summed E-state index contributed by atoms with van der Waals surface area (Å²) in [5.74, 6) is 1.43. The first-order valence-corrected chi connectivity index (χ1v) is 8.87. The molecular weight excluding hydrogens is 266 g/mol. The zero-order valence-electron chi connectivity index (χ0n) is 14.6. The highest BCUT2D eigenvalue weighted by atomic mass is 14.6. The summed E-state index contributed by atoms with van der Waals surface area (Å²) in [6.45, 7) is 11.3. The Bertz CT molecular complexity index is 526. The highest BCUT2D eigenvalue weighted by Crippen LogP contribution is 2.33. The maximum Gasteiger partial charge on any atom is 0.0305 e. The zero-order chi connectivity index (χ0) is 15.9. The van der Waals surface area contributed by atoms with Crippen LogP contribution < -0.4 is 0 Å². The van der Waals surface area contributed by atoms with E-state index in [1.807, 2.05) is 12.4 Å². The van der Waals surface area contributed by atoms with Gasteiger partial charge in [0.05, 0.1) is 0 Å². The van der Waals surface area contributed by atoms with Gasteiger partial charge in [0.1, 0.15) is 0 Å². The number of hydrogen-bond acceptors (Lipinski definition) is 1. The second-order valence-electron chi connectivity index (χ2n) is 6.92. The van der Waals surface area contributed by atoms with Crippen molar-refractivity contribution in [1.29, 1.82) is 0 Å². The van der Waals surface area contributed by atoms with Crippen molar-refractivity contribution in [2.24, 2.45) is 11.8 Å². The minimum Gasteiger partial charge on any atom is -0.264 e. The number of rotatable bonds is 6. The Balaban J connectivity index is 1.92. The van der Waals surface area contributed by atoms with Gasteiger partial charge in [-0.3, -0.25) is 4.98 Å². The molecule has 1 aliphatic rings. The first-order chi connectivity index (χ1) is 10.6. The Morgan fingerprint density at radius 3 is 2.95 bits per heavy atom. The first-order valence-electron chi connectivity index (χ1n) is 8.87. The number of aromatic nitrogens is 1. The van der Waals surface area contributed by atoms with Gasteiger partial charge in [-0.1, -0.05) is 44.1 Å². The number of aryl methyl sites for hydroxylation is 1. The Morgan fingerprint density at radius 2 is 2.23 bits per heavy atom. The molecule has 2 rings (SSSR count). The van der Waals surface area contributed by atoms with Crippen LogP contribution in [0.1, 0.15) is 63.5 Å². The Kier molecular flexibility index (Phi) is 6.42. The molecule has 1 aromatic rings. The lowest BCUT2D eigenvalue weighted by molar-refractivity contribution is 0.508. The van der Waals surface area contributed by atoms with E-state index in [-0.39, 0.29) is 0 Å². The van der Waals surface area contributed by atoms with Gasteiger partial charge in [0.2, 0.25) is 0 Å². The molecule has 0 radical (unpaired) electrons. The largest absolute Gasteiger partial charge is 0.264 e. The first kappa shape index (κ1) is 17.0. The molecule has 1 aromatic heterocycles. The van der Waals surface area contributed by atoms with Crippen molar-refractivity contribution in [3.63, 3.8) is 0 Å². The molecule has 2 atom stereocenters. The second-order valence-corrected chi connectivity index (χ2v) is 6.92. The van der Waals surface area contributed by atoms with E-state index in [1.165, 1.54) is 55.2 Å². The third kappa shape index (κ3) is 4.56. The van der Waals surface area contributed by atoms with Gasteiger partial charge in [-0.2, -0.15) is 0 Å². The average Bonchev–Trinajstić information content (AvgIpc) is 2.76. The average molecular weight is 297 g/mol. The maximum atomic E-state index is 4.41. The Morgan fingerprint density at radius 1 is 1.41 bits per heavy atom. The number of allylic oxidation sites excluding steroid dienone is 3. The molecule has 0 spiro atoms. The van der Waals surface area contributed by atoms with Gasteiger partial charge in [0.25, 0.3) is 0 Å². The fourth-order valence-corrected chi connectivity index (χ4v) is 3.60. The van der Waals surface area contributed by atoms with Gasteiger partial charge in [-0.25, -0.2) is 0 Å². The fraction of sp³-hybridized carbons (Fsp3) is 0.571. The number of pyridine rings is 1. The summed E-state index contributed by atoms with van der Waals surface area (Å²) in [7, 11) is 0. The van der Waals surface area contributed by atoms with E-state index in [0.717, 1.165) is 12.3 Å². The quantitative estimate of drug-likeness (QED) is 0.583. The van der Waals surface area contributed by atoms with Crippen molar-refractivity contribution in [3.05, 3.63) is 53.4 Å². The third-order valence-corrected chi connectivity index (χ3v) is 5.20. The molecule has 1 heterocycles. The minimum atomic E-state index is 0.669. The summed E-state index contributed by atoms with van der Waals surface area (Å²) in [6.07, 6.45) is 15.0. The van der Waals surface area contributed by atoms with Gasteiger partial charge in [-0.15, -0.1) is 0 Å². The lowest BCUT2D eigenvalue weighted by Crippen LogP contribution is -2.07. The van der Waals surface area contributed by atoms with E-state index in [9.17, 15) is 0 Å². The predicted molar refractivity (Wildman–Crippen MR) is 95.9 cm³/mol. The van der Waals surface area contributed by atoms with Gasteiger partial charge >= 0.3 is 0 Å². The van der Waals surface area contributed by atoms with Crippen LogP contribution in [0.5, 0.6) is 0 Å². The molecule has 1 heteroatoms. The maximum absolute atomic E-state index is 4.41. The van der Waals surface area contributed by atoms with E-state index < -0.39 is 0 Å². The number of nitrogens with zero attached hydrogens (tertiary/aromatic N) is 1. The lowest BCUT2D eigenvalue weighted by atomic mass is 9.86. The van der Waals surface area contributed by atoms with Crippen LogP contribution in [-0.4, -0.2) is 4.98 Å². The molecule has 0 N–H and O–H groups in total. The standard InChI is InChI=1S/C21H31N/c1-5-7-16(2)19-8-6-9-20(11-10-19)18(4)14-21-15-22-13-12-17(21)3/h8,12-13,15-16,20H,4-7,9-11,14H2,1-3H3/t16-,20?/m1/s1. The van der Waals surface area contributed by atoms with Crippen LogP contribution in [0.3, 0.4) is 0 Å². The highest BCUT2D eigenvalue weighted by Gasteiger charge is 2.19. The summed E-state index contributed by atoms with van der Waals surface area (Å²) in [4.78, 5) is 4.27. The van der Waals surface area contributed by atoms with Crippen molar-refractivity contribution in [3.8, 4) is 0 Å². The van der Waals surface area contributed by atoms with Crippen LogP contribution in [0.2, 0.25) is 0 Å². The molecule has 120 valence electrons. The van der Waals surface area contributed by atoms with E-state index in [4.69, 9.17) is 0 Å². The molecule has 0 aromatic carbocycles. The lowest BCUT2D eigenvalue weighted by Gasteiger charge is -2.19. The molecule has 0 saturated carbocycles. The summed E-state index contributed by atoms with van der Waals surface area (Å²) in [6, 6.07) is 2.10. The molecule has 22 heavy (non-hydrogen) atoms. The van der Waals surface area contributed by atoms with E-state index in [1.54, 1.807) is 5.57 Å². The molecule has 1 nitrogen and oxygen atoms in total. The highest BCUT2D eigenvalue weighted by molar-refractivity contribution is 5.27. The summed E-state index contributed by atoms with van der Waals surface area (Å²) in [5, 5.41) is 0. The normalized spacial score (nSPS) is 20.1.